The van der Waals surface area contributed by atoms with E-state index in [1.807, 2.05) is 13.8 Å². The van der Waals surface area contributed by atoms with Gasteiger partial charge in [0.2, 0.25) is 0 Å². The molecule has 0 bridgehead atoms. The standard InChI is InChI=1S/C15H20F3N/c1-4-19-14(8-11(2)3)10-12-6-5-7-13(9-12)15(16,17)18/h5-7,9,14,19H,2,4,8,10H2,1,3H3. The van der Waals surface area contributed by atoms with Gasteiger partial charge in [-0.1, -0.05) is 30.7 Å². The number of rotatable bonds is 6. The van der Waals surface area contributed by atoms with E-state index in [1.165, 1.54) is 12.1 Å². The highest BCUT2D eigenvalue weighted by Crippen LogP contribution is 2.29. The molecule has 4 heteroatoms. The smallest absolute Gasteiger partial charge is 0.314 e. The fourth-order valence-corrected chi connectivity index (χ4v) is 2.08. The molecule has 0 amide bonds. The minimum Gasteiger partial charge on any atom is -0.314 e. The Hall–Kier alpha value is -1.29. The number of alkyl halides is 3. The van der Waals surface area contributed by atoms with Crippen molar-refractivity contribution in [1.82, 2.24) is 5.32 Å². The van der Waals surface area contributed by atoms with E-state index < -0.39 is 11.7 Å². The lowest BCUT2D eigenvalue weighted by atomic mass is 9.99. The van der Waals surface area contributed by atoms with Crippen molar-refractivity contribution in [1.29, 1.82) is 0 Å². The maximum Gasteiger partial charge on any atom is 0.416 e. The number of nitrogens with one attached hydrogen (secondary N) is 1. The lowest BCUT2D eigenvalue weighted by Crippen LogP contribution is -2.31. The minimum atomic E-state index is -4.28. The Morgan fingerprint density at radius 3 is 2.58 bits per heavy atom. The van der Waals surface area contributed by atoms with Gasteiger partial charge in [0.1, 0.15) is 0 Å². The van der Waals surface area contributed by atoms with Crippen LogP contribution in [0.2, 0.25) is 0 Å². The van der Waals surface area contributed by atoms with Gasteiger partial charge in [0.05, 0.1) is 5.56 Å². The Kier molecular flexibility index (Phi) is 5.60. The molecule has 0 aliphatic heterocycles. The van der Waals surface area contributed by atoms with Gasteiger partial charge >= 0.3 is 6.18 Å². The molecule has 106 valence electrons. The number of halogens is 3. The Bertz CT molecular complexity index is 424. The molecular weight excluding hydrogens is 251 g/mol. The monoisotopic (exact) mass is 271 g/mol. The van der Waals surface area contributed by atoms with Crippen molar-refractivity contribution in [3.05, 3.63) is 47.5 Å². The van der Waals surface area contributed by atoms with Crippen LogP contribution >= 0.6 is 0 Å². The molecule has 0 radical (unpaired) electrons. The van der Waals surface area contributed by atoms with Gasteiger partial charge in [0, 0.05) is 6.04 Å². The fourth-order valence-electron chi connectivity index (χ4n) is 2.08. The first-order valence-electron chi connectivity index (χ1n) is 6.36. The van der Waals surface area contributed by atoms with E-state index in [-0.39, 0.29) is 6.04 Å². The highest BCUT2D eigenvalue weighted by Gasteiger charge is 2.30. The molecule has 1 N–H and O–H groups in total. The Morgan fingerprint density at radius 1 is 1.37 bits per heavy atom. The summed E-state index contributed by atoms with van der Waals surface area (Å²) in [6.07, 6.45) is -2.94. The summed E-state index contributed by atoms with van der Waals surface area (Å²) in [5, 5.41) is 3.28. The second-order valence-corrected chi connectivity index (χ2v) is 4.82. The van der Waals surface area contributed by atoms with Crippen molar-refractivity contribution >= 4 is 0 Å². The molecule has 19 heavy (non-hydrogen) atoms. The number of hydrogen-bond donors (Lipinski definition) is 1. The van der Waals surface area contributed by atoms with Gasteiger partial charge in [-0.25, -0.2) is 0 Å². The van der Waals surface area contributed by atoms with Gasteiger partial charge in [0.25, 0.3) is 0 Å². The van der Waals surface area contributed by atoms with Gasteiger partial charge in [0.15, 0.2) is 0 Å². The lowest BCUT2D eigenvalue weighted by molar-refractivity contribution is -0.137. The van der Waals surface area contributed by atoms with Gasteiger partial charge in [-0.3, -0.25) is 0 Å². The van der Waals surface area contributed by atoms with Crippen LogP contribution in [-0.2, 0) is 12.6 Å². The van der Waals surface area contributed by atoms with Crippen LogP contribution in [-0.4, -0.2) is 12.6 Å². The first kappa shape index (κ1) is 15.8. The predicted molar refractivity (Wildman–Crippen MR) is 72.0 cm³/mol. The summed E-state index contributed by atoms with van der Waals surface area (Å²) in [5.74, 6) is 0. The van der Waals surface area contributed by atoms with Crippen molar-refractivity contribution in [3.8, 4) is 0 Å². The van der Waals surface area contributed by atoms with Crippen LogP contribution in [0.5, 0.6) is 0 Å². The zero-order valence-electron chi connectivity index (χ0n) is 11.3. The van der Waals surface area contributed by atoms with Crippen LogP contribution in [0.25, 0.3) is 0 Å². The SMILES string of the molecule is C=C(C)CC(Cc1cccc(C(F)(F)F)c1)NCC. The Labute approximate surface area is 112 Å². The molecule has 1 nitrogen and oxygen atoms in total. The van der Waals surface area contributed by atoms with Gasteiger partial charge < -0.3 is 5.32 Å². The summed E-state index contributed by atoms with van der Waals surface area (Å²) < 4.78 is 37.9. The van der Waals surface area contributed by atoms with E-state index >= 15 is 0 Å². The Balaban J connectivity index is 2.81. The topological polar surface area (TPSA) is 12.0 Å². The summed E-state index contributed by atoms with van der Waals surface area (Å²) in [6, 6.07) is 5.65. The molecule has 1 aromatic rings. The molecule has 1 atom stereocenters. The molecule has 0 saturated carbocycles. The van der Waals surface area contributed by atoms with E-state index in [0.29, 0.717) is 12.0 Å². The first-order valence-corrected chi connectivity index (χ1v) is 6.36. The highest BCUT2D eigenvalue weighted by molar-refractivity contribution is 5.26. The number of benzene rings is 1. The third-order valence-corrected chi connectivity index (χ3v) is 2.82. The molecule has 0 aromatic heterocycles. The lowest BCUT2D eigenvalue weighted by Gasteiger charge is -2.18. The molecule has 0 heterocycles. The quantitative estimate of drug-likeness (QED) is 0.765. The predicted octanol–water partition coefficient (Wildman–Crippen LogP) is 4.19. The van der Waals surface area contributed by atoms with Crippen LogP contribution in [0.4, 0.5) is 13.2 Å². The molecular formula is C15H20F3N. The average molecular weight is 271 g/mol. The maximum atomic E-state index is 12.6. The maximum absolute atomic E-state index is 12.6. The normalized spacial score (nSPS) is 13.3. The molecule has 1 rings (SSSR count). The second kappa shape index (κ2) is 6.75. The average Bonchev–Trinajstić information content (AvgIpc) is 2.27. The summed E-state index contributed by atoms with van der Waals surface area (Å²) in [7, 11) is 0. The third-order valence-electron chi connectivity index (χ3n) is 2.82. The van der Waals surface area contributed by atoms with Crippen LogP contribution in [0.15, 0.2) is 36.4 Å². The number of hydrogen-bond acceptors (Lipinski definition) is 1. The van der Waals surface area contributed by atoms with Crippen LogP contribution < -0.4 is 5.32 Å². The third kappa shape index (κ3) is 5.47. The summed E-state index contributed by atoms with van der Waals surface area (Å²) in [4.78, 5) is 0. The largest absolute Gasteiger partial charge is 0.416 e. The van der Waals surface area contributed by atoms with Crippen LogP contribution in [0.1, 0.15) is 31.4 Å². The van der Waals surface area contributed by atoms with E-state index in [9.17, 15) is 13.2 Å². The van der Waals surface area contributed by atoms with Crippen LogP contribution in [0, 0.1) is 0 Å². The molecule has 1 aromatic carbocycles. The van der Waals surface area contributed by atoms with E-state index in [1.54, 1.807) is 6.07 Å². The van der Waals surface area contributed by atoms with E-state index in [4.69, 9.17) is 0 Å². The Morgan fingerprint density at radius 2 is 2.05 bits per heavy atom. The molecule has 0 spiro atoms. The summed E-state index contributed by atoms with van der Waals surface area (Å²) in [5.41, 5.74) is 1.13. The molecule has 0 aliphatic carbocycles. The zero-order chi connectivity index (χ0) is 14.5. The fraction of sp³-hybridized carbons (Fsp3) is 0.467. The summed E-state index contributed by atoms with van der Waals surface area (Å²) in [6.45, 7) is 8.55. The van der Waals surface area contributed by atoms with Gasteiger partial charge in [-0.2, -0.15) is 13.2 Å². The van der Waals surface area contributed by atoms with Crippen LogP contribution in [0.3, 0.4) is 0 Å². The molecule has 1 unspecified atom stereocenters. The van der Waals surface area contributed by atoms with E-state index in [0.717, 1.165) is 24.6 Å². The second-order valence-electron chi connectivity index (χ2n) is 4.82. The highest BCUT2D eigenvalue weighted by atomic mass is 19.4. The minimum absolute atomic E-state index is 0.131. The van der Waals surface area contributed by atoms with Crippen molar-refractivity contribution < 1.29 is 13.2 Å². The van der Waals surface area contributed by atoms with Crippen molar-refractivity contribution in [2.75, 3.05) is 6.54 Å². The number of likely N-dealkylation sites (N-methyl/N-ethyl adjacent to an activating group) is 1. The van der Waals surface area contributed by atoms with Crippen molar-refractivity contribution in [2.24, 2.45) is 0 Å². The van der Waals surface area contributed by atoms with Gasteiger partial charge in [-0.05, 0) is 37.9 Å². The van der Waals surface area contributed by atoms with Gasteiger partial charge in [-0.15, -0.1) is 6.58 Å². The van der Waals surface area contributed by atoms with Crippen molar-refractivity contribution in [2.45, 2.75) is 38.9 Å². The molecule has 0 fully saturated rings. The van der Waals surface area contributed by atoms with Crippen molar-refractivity contribution in [3.63, 3.8) is 0 Å². The first-order chi connectivity index (χ1) is 8.82. The molecule has 0 saturated heterocycles. The molecule has 0 aliphatic rings. The van der Waals surface area contributed by atoms with E-state index in [2.05, 4.69) is 11.9 Å². The zero-order valence-corrected chi connectivity index (χ0v) is 11.3. The summed E-state index contributed by atoms with van der Waals surface area (Å²) >= 11 is 0.